The molecule has 0 amide bonds. The number of halogens is 3. The molecule has 0 radical (unpaired) electrons. The molecule has 0 spiro atoms. The van der Waals surface area contributed by atoms with Crippen LogP contribution in [0, 0.1) is 17.5 Å². The Hall–Kier alpha value is -0.840. The highest BCUT2D eigenvalue weighted by molar-refractivity contribution is 7.99. The zero-order chi connectivity index (χ0) is 10.8. The van der Waals surface area contributed by atoms with E-state index < -0.39 is 17.5 Å². The molecule has 2 rings (SSSR count). The summed E-state index contributed by atoms with van der Waals surface area (Å²) in [5.41, 5.74) is -0.219. The summed E-state index contributed by atoms with van der Waals surface area (Å²) in [5, 5.41) is 2.77. The molecule has 1 N–H and O–H groups in total. The predicted molar refractivity (Wildman–Crippen MR) is 55.7 cm³/mol. The minimum atomic E-state index is -0.892. The molecule has 15 heavy (non-hydrogen) atoms. The van der Waals surface area contributed by atoms with E-state index in [2.05, 4.69) is 5.32 Å². The summed E-state index contributed by atoms with van der Waals surface area (Å²) in [6.45, 7) is 0. The molecule has 0 aliphatic carbocycles. The number of nitrogens with one attached hydrogen (secondary N) is 1. The molecule has 0 bridgehead atoms. The average molecular weight is 233 g/mol. The molecule has 1 aromatic rings. The maximum absolute atomic E-state index is 13.2. The van der Waals surface area contributed by atoms with Gasteiger partial charge in [0.25, 0.3) is 0 Å². The van der Waals surface area contributed by atoms with Gasteiger partial charge in [0, 0.05) is 23.9 Å². The largest absolute Gasteiger partial charge is 0.377 e. The van der Waals surface area contributed by atoms with Gasteiger partial charge in [-0.2, -0.15) is 11.8 Å². The number of hydrogen-bond acceptors (Lipinski definition) is 2. The van der Waals surface area contributed by atoms with Gasteiger partial charge >= 0.3 is 0 Å². The highest BCUT2D eigenvalue weighted by Gasteiger charge is 2.19. The zero-order valence-corrected chi connectivity index (χ0v) is 8.71. The average Bonchev–Trinajstić information content (AvgIpc) is 2.63. The fourth-order valence-corrected chi connectivity index (χ4v) is 2.68. The van der Waals surface area contributed by atoms with E-state index in [1.165, 1.54) is 0 Å². The summed E-state index contributed by atoms with van der Waals surface area (Å²) < 4.78 is 39.0. The SMILES string of the molecule is Fc1cc(F)c(NC2CCSC2)c(F)c1. The Kier molecular flexibility index (Phi) is 3.09. The van der Waals surface area contributed by atoms with Gasteiger partial charge in [0.1, 0.15) is 11.5 Å². The molecule has 1 aliphatic heterocycles. The Bertz CT molecular complexity index is 341. The number of benzene rings is 1. The fourth-order valence-electron chi connectivity index (χ4n) is 1.53. The van der Waals surface area contributed by atoms with Crippen LogP contribution < -0.4 is 5.32 Å². The molecule has 82 valence electrons. The second-order valence-electron chi connectivity index (χ2n) is 3.45. The summed E-state index contributed by atoms with van der Waals surface area (Å²) in [6, 6.07) is 1.45. The van der Waals surface area contributed by atoms with Gasteiger partial charge in [0.2, 0.25) is 0 Å². The smallest absolute Gasteiger partial charge is 0.152 e. The van der Waals surface area contributed by atoms with Crippen molar-refractivity contribution in [3.63, 3.8) is 0 Å². The predicted octanol–water partition coefficient (Wildman–Crippen LogP) is 3.02. The molecule has 0 saturated carbocycles. The molecule has 1 nitrogen and oxygen atoms in total. The zero-order valence-electron chi connectivity index (χ0n) is 7.90. The quantitative estimate of drug-likeness (QED) is 0.842. The molecule has 1 saturated heterocycles. The Morgan fingerprint density at radius 2 is 1.87 bits per heavy atom. The molecule has 1 unspecified atom stereocenters. The van der Waals surface area contributed by atoms with Crippen LogP contribution in [0.1, 0.15) is 6.42 Å². The molecule has 1 heterocycles. The van der Waals surface area contributed by atoms with Crippen LogP contribution in [0.5, 0.6) is 0 Å². The first kappa shape index (κ1) is 10.7. The van der Waals surface area contributed by atoms with E-state index in [0.717, 1.165) is 17.9 Å². The van der Waals surface area contributed by atoms with Gasteiger partial charge < -0.3 is 5.32 Å². The van der Waals surface area contributed by atoms with Crippen LogP contribution in [-0.4, -0.2) is 17.5 Å². The van der Waals surface area contributed by atoms with Gasteiger partial charge in [-0.25, -0.2) is 13.2 Å². The maximum Gasteiger partial charge on any atom is 0.152 e. The first-order valence-electron chi connectivity index (χ1n) is 4.65. The van der Waals surface area contributed by atoms with E-state index in [1.807, 2.05) is 0 Å². The fraction of sp³-hybridized carbons (Fsp3) is 0.400. The van der Waals surface area contributed by atoms with Crippen LogP contribution in [0.4, 0.5) is 18.9 Å². The molecule has 1 aliphatic rings. The molecular weight excluding hydrogens is 223 g/mol. The van der Waals surface area contributed by atoms with E-state index in [-0.39, 0.29) is 11.7 Å². The van der Waals surface area contributed by atoms with Gasteiger partial charge in [-0.05, 0) is 12.2 Å². The Labute approximate surface area is 90.1 Å². The van der Waals surface area contributed by atoms with Crippen LogP contribution >= 0.6 is 11.8 Å². The van der Waals surface area contributed by atoms with Crippen LogP contribution in [0.3, 0.4) is 0 Å². The van der Waals surface area contributed by atoms with E-state index in [1.54, 1.807) is 11.8 Å². The van der Waals surface area contributed by atoms with E-state index in [0.29, 0.717) is 12.1 Å². The summed E-state index contributed by atoms with van der Waals surface area (Å²) in [4.78, 5) is 0. The minimum absolute atomic E-state index is 0.0736. The summed E-state index contributed by atoms with van der Waals surface area (Å²) in [7, 11) is 0. The van der Waals surface area contributed by atoms with Gasteiger partial charge in [-0.15, -0.1) is 0 Å². The van der Waals surface area contributed by atoms with Crippen molar-refractivity contribution in [1.29, 1.82) is 0 Å². The van der Waals surface area contributed by atoms with Crippen LogP contribution in [-0.2, 0) is 0 Å². The third-order valence-corrected chi connectivity index (χ3v) is 3.45. The first-order valence-corrected chi connectivity index (χ1v) is 5.81. The molecule has 1 atom stereocenters. The van der Waals surface area contributed by atoms with Crippen molar-refractivity contribution in [3.8, 4) is 0 Å². The standard InChI is InChI=1S/C10H10F3NS/c11-6-3-8(12)10(9(13)4-6)14-7-1-2-15-5-7/h3-4,7,14H,1-2,5H2. The summed E-state index contributed by atoms with van der Waals surface area (Å²) in [6.07, 6.45) is 0.876. The van der Waals surface area contributed by atoms with Crippen LogP contribution in [0.25, 0.3) is 0 Å². The van der Waals surface area contributed by atoms with Gasteiger partial charge in [0.15, 0.2) is 11.6 Å². The van der Waals surface area contributed by atoms with Crippen LogP contribution in [0.15, 0.2) is 12.1 Å². The highest BCUT2D eigenvalue weighted by atomic mass is 32.2. The van der Waals surface area contributed by atoms with Crippen molar-refractivity contribution < 1.29 is 13.2 Å². The number of hydrogen-bond donors (Lipinski definition) is 1. The molecule has 1 aromatic carbocycles. The normalized spacial score (nSPS) is 20.6. The lowest BCUT2D eigenvalue weighted by molar-refractivity contribution is 0.544. The number of rotatable bonds is 2. The second-order valence-corrected chi connectivity index (χ2v) is 4.60. The molecule has 1 fully saturated rings. The lowest BCUT2D eigenvalue weighted by Gasteiger charge is -2.14. The van der Waals surface area contributed by atoms with Crippen molar-refractivity contribution in [2.75, 3.05) is 16.8 Å². The first-order chi connectivity index (χ1) is 7.16. The summed E-state index contributed by atoms with van der Waals surface area (Å²) in [5.74, 6) is -0.816. The molecular formula is C10H10F3NS. The molecule has 0 aromatic heterocycles. The maximum atomic E-state index is 13.2. The van der Waals surface area contributed by atoms with Crippen molar-refractivity contribution in [3.05, 3.63) is 29.6 Å². The second kappa shape index (κ2) is 4.35. The summed E-state index contributed by atoms with van der Waals surface area (Å²) >= 11 is 1.73. The topological polar surface area (TPSA) is 12.0 Å². The third-order valence-electron chi connectivity index (χ3n) is 2.29. The van der Waals surface area contributed by atoms with Crippen molar-refractivity contribution in [2.45, 2.75) is 12.5 Å². The Morgan fingerprint density at radius 3 is 2.40 bits per heavy atom. The van der Waals surface area contributed by atoms with Crippen LogP contribution in [0.2, 0.25) is 0 Å². The lowest BCUT2D eigenvalue weighted by Crippen LogP contribution is -2.20. The molecule has 5 heteroatoms. The van der Waals surface area contributed by atoms with E-state index in [4.69, 9.17) is 0 Å². The minimum Gasteiger partial charge on any atom is -0.377 e. The highest BCUT2D eigenvalue weighted by Crippen LogP contribution is 2.25. The lowest BCUT2D eigenvalue weighted by atomic mass is 10.2. The van der Waals surface area contributed by atoms with Gasteiger partial charge in [-0.1, -0.05) is 0 Å². The van der Waals surface area contributed by atoms with E-state index in [9.17, 15) is 13.2 Å². The van der Waals surface area contributed by atoms with E-state index >= 15 is 0 Å². The van der Waals surface area contributed by atoms with Crippen molar-refractivity contribution in [1.82, 2.24) is 0 Å². The van der Waals surface area contributed by atoms with Gasteiger partial charge in [-0.3, -0.25) is 0 Å². The third kappa shape index (κ3) is 2.40. The monoisotopic (exact) mass is 233 g/mol. The Balaban J connectivity index is 2.19. The van der Waals surface area contributed by atoms with Crippen molar-refractivity contribution >= 4 is 17.4 Å². The number of thioether (sulfide) groups is 1. The van der Waals surface area contributed by atoms with Gasteiger partial charge in [0.05, 0.1) is 0 Å². The van der Waals surface area contributed by atoms with Crippen molar-refractivity contribution in [2.24, 2.45) is 0 Å². The number of anilines is 1. The Morgan fingerprint density at radius 1 is 1.20 bits per heavy atom.